The van der Waals surface area contributed by atoms with Crippen LogP contribution in [0.1, 0.15) is 12.8 Å². The van der Waals surface area contributed by atoms with Crippen molar-refractivity contribution in [3.05, 3.63) is 12.2 Å². The summed E-state index contributed by atoms with van der Waals surface area (Å²) in [6.07, 6.45) is 8.05. The summed E-state index contributed by atoms with van der Waals surface area (Å²) < 4.78 is 5.83. The molecule has 2 nitrogen and oxygen atoms in total. The van der Waals surface area contributed by atoms with Crippen LogP contribution in [0.3, 0.4) is 0 Å². The Balaban J connectivity index is 2.06. The van der Waals surface area contributed by atoms with E-state index in [4.69, 9.17) is 4.74 Å². The zero-order chi connectivity index (χ0) is 7.42. The molecule has 4 bridgehead atoms. The number of hydrogen-bond donors (Lipinski definition) is 0. The van der Waals surface area contributed by atoms with Gasteiger partial charge >= 0.3 is 0 Å². The predicted octanol–water partition coefficient (Wildman–Crippen LogP) is 0.786. The summed E-state index contributed by atoms with van der Waals surface area (Å²) >= 11 is 0. The number of piperidine rings is 1. The molecule has 0 aromatic rings. The van der Waals surface area contributed by atoms with Crippen LogP contribution < -0.4 is 0 Å². The molecule has 0 radical (unpaired) electrons. The fourth-order valence-corrected chi connectivity index (χ4v) is 2.69. The molecule has 4 atom stereocenters. The van der Waals surface area contributed by atoms with Crippen molar-refractivity contribution in [3.8, 4) is 0 Å². The first kappa shape index (κ1) is 6.21. The number of hydrogen-bond acceptors (Lipinski definition) is 2. The zero-order valence-corrected chi connectivity index (χ0v) is 6.73. The van der Waals surface area contributed by atoms with Crippen LogP contribution in [0.4, 0.5) is 0 Å². The van der Waals surface area contributed by atoms with E-state index < -0.39 is 0 Å². The first-order valence-corrected chi connectivity index (χ1v) is 4.42. The maximum Gasteiger partial charge on any atom is 0.0916 e. The third kappa shape index (κ3) is 0.644. The van der Waals surface area contributed by atoms with E-state index in [-0.39, 0.29) is 0 Å². The SMILES string of the molecule is CN1C2C=CC3OC2CCC31. The van der Waals surface area contributed by atoms with Gasteiger partial charge in [0.25, 0.3) is 0 Å². The highest BCUT2D eigenvalue weighted by atomic mass is 16.5. The first-order valence-electron chi connectivity index (χ1n) is 4.42. The number of rotatable bonds is 0. The molecule has 60 valence electrons. The smallest absolute Gasteiger partial charge is 0.0916 e. The van der Waals surface area contributed by atoms with Gasteiger partial charge in [-0.3, -0.25) is 4.90 Å². The lowest BCUT2D eigenvalue weighted by molar-refractivity contribution is -0.162. The molecule has 5 heterocycles. The standard InChI is InChI=1S/C9H13NO/c1-10-6-2-4-8-7(10)3-5-9(6)11-8/h2,4,6-9H,3,5H2,1H3. The Kier molecular flexibility index (Phi) is 1.06. The molecular formula is C9H13NO. The van der Waals surface area contributed by atoms with Crippen molar-refractivity contribution in [3.63, 3.8) is 0 Å². The molecule has 5 rings (SSSR count). The van der Waals surface area contributed by atoms with Crippen LogP contribution in [0.25, 0.3) is 0 Å². The molecular weight excluding hydrogens is 138 g/mol. The molecule has 0 amide bonds. The lowest BCUT2D eigenvalue weighted by atomic mass is 9.82. The second-order valence-corrected chi connectivity index (χ2v) is 3.82. The summed E-state index contributed by atoms with van der Waals surface area (Å²) in [6, 6.07) is 1.26. The minimum Gasteiger partial charge on any atom is -0.367 e. The average Bonchev–Trinajstić information content (AvgIpc) is 2.04. The summed E-state index contributed by atoms with van der Waals surface area (Å²) in [5.74, 6) is 0. The quantitative estimate of drug-likeness (QED) is 0.474. The second-order valence-electron chi connectivity index (χ2n) is 3.82. The molecule has 0 aromatic carbocycles. The van der Waals surface area contributed by atoms with Gasteiger partial charge < -0.3 is 4.74 Å². The third-order valence-corrected chi connectivity index (χ3v) is 3.33. The molecule has 0 aliphatic carbocycles. The summed E-state index contributed by atoms with van der Waals surface area (Å²) in [6.45, 7) is 0. The van der Waals surface area contributed by atoms with Crippen LogP contribution >= 0.6 is 0 Å². The van der Waals surface area contributed by atoms with E-state index in [0.29, 0.717) is 24.3 Å². The lowest BCUT2D eigenvalue weighted by Crippen LogP contribution is -2.64. The molecule has 0 N–H and O–H groups in total. The zero-order valence-electron chi connectivity index (χ0n) is 6.73. The van der Waals surface area contributed by atoms with E-state index in [9.17, 15) is 0 Å². The van der Waals surface area contributed by atoms with Crippen LogP contribution in [-0.2, 0) is 4.74 Å². The Morgan fingerprint density at radius 1 is 1.36 bits per heavy atom. The Labute approximate surface area is 66.8 Å². The van der Waals surface area contributed by atoms with E-state index in [2.05, 4.69) is 24.1 Å². The molecule has 2 heteroatoms. The van der Waals surface area contributed by atoms with Crippen molar-refractivity contribution in [1.29, 1.82) is 0 Å². The second kappa shape index (κ2) is 1.87. The van der Waals surface area contributed by atoms with E-state index in [0.717, 1.165) is 0 Å². The van der Waals surface area contributed by atoms with Gasteiger partial charge in [-0.05, 0) is 19.9 Å². The van der Waals surface area contributed by atoms with E-state index in [1.165, 1.54) is 12.8 Å². The summed E-state index contributed by atoms with van der Waals surface area (Å²) in [7, 11) is 2.22. The van der Waals surface area contributed by atoms with Crippen LogP contribution in [0.5, 0.6) is 0 Å². The minimum atomic E-state index is 0.406. The molecule has 5 aliphatic rings. The van der Waals surface area contributed by atoms with Gasteiger partial charge in [-0.1, -0.05) is 12.2 Å². The number of nitrogens with zero attached hydrogens (tertiary/aromatic N) is 1. The molecule has 3 saturated heterocycles. The Morgan fingerprint density at radius 2 is 2.27 bits per heavy atom. The molecule has 0 spiro atoms. The third-order valence-electron chi connectivity index (χ3n) is 3.33. The minimum absolute atomic E-state index is 0.406. The van der Waals surface area contributed by atoms with Crippen molar-refractivity contribution in [2.45, 2.75) is 37.1 Å². The normalized spacial score (nSPS) is 53.9. The number of ether oxygens (including phenoxy) is 1. The largest absolute Gasteiger partial charge is 0.367 e. The average molecular weight is 151 g/mol. The van der Waals surface area contributed by atoms with E-state index >= 15 is 0 Å². The van der Waals surface area contributed by atoms with Crippen molar-refractivity contribution < 1.29 is 4.74 Å². The van der Waals surface area contributed by atoms with Crippen LogP contribution in [0, 0.1) is 0 Å². The maximum atomic E-state index is 5.83. The van der Waals surface area contributed by atoms with Gasteiger partial charge in [0.1, 0.15) is 0 Å². The Hall–Kier alpha value is -0.340. The summed E-state index contributed by atoms with van der Waals surface area (Å²) in [5, 5.41) is 0. The van der Waals surface area contributed by atoms with Crippen molar-refractivity contribution >= 4 is 0 Å². The highest BCUT2D eigenvalue weighted by molar-refractivity contribution is 5.18. The number of morpholine rings is 1. The Bertz CT molecular complexity index is 212. The fourth-order valence-electron chi connectivity index (χ4n) is 2.69. The van der Waals surface area contributed by atoms with E-state index in [1.807, 2.05) is 0 Å². The number of likely N-dealkylation sites (N-methyl/N-ethyl adjacent to an activating group) is 1. The molecule has 3 fully saturated rings. The maximum absolute atomic E-state index is 5.83. The van der Waals surface area contributed by atoms with Crippen molar-refractivity contribution in [1.82, 2.24) is 4.90 Å². The fraction of sp³-hybridized carbons (Fsp3) is 0.778. The van der Waals surface area contributed by atoms with Crippen LogP contribution in [-0.4, -0.2) is 36.2 Å². The first-order chi connectivity index (χ1) is 5.36. The van der Waals surface area contributed by atoms with Crippen molar-refractivity contribution in [2.24, 2.45) is 0 Å². The highest BCUT2D eigenvalue weighted by Gasteiger charge is 2.47. The highest BCUT2D eigenvalue weighted by Crippen LogP contribution is 2.38. The van der Waals surface area contributed by atoms with Crippen LogP contribution in [0.2, 0.25) is 0 Å². The Morgan fingerprint density at radius 3 is 2.82 bits per heavy atom. The van der Waals surface area contributed by atoms with Gasteiger partial charge in [0.2, 0.25) is 0 Å². The van der Waals surface area contributed by atoms with Gasteiger partial charge in [-0.25, -0.2) is 0 Å². The summed E-state index contributed by atoms with van der Waals surface area (Å²) in [4.78, 5) is 2.47. The van der Waals surface area contributed by atoms with Gasteiger partial charge in [-0.2, -0.15) is 0 Å². The predicted molar refractivity (Wildman–Crippen MR) is 42.4 cm³/mol. The summed E-state index contributed by atoms with van der Waals surface area (Å²) in [5.41, 5.74) is 0. The van der Waals surface area contributed by atoms with Crippen molar-refractivity contribution in [2.75, 3.05) is 7.05 Å². The van der Waals surface area contributed by atoms with Gasteiger partial charge in [0, 0.05) is 6.04 Å². The van der Waals surface area contributed by atoms with E-state index in [1.54, 1.807) is 0 Å². The number of fused-ring (bicyclic) bond motifs is 1. The molecule has 4 unspecified atom stereocenters. The molecule has 11 heavy (non-hydrogen) atoms. The van der Waals surface area contributed by atoms with Gasteiger partial charge in [-0.15, -0.1) is 0 Å². The van der Waals surface area contributed by atoms with Gasteiger partial charge in [0.05, 0.1) is 18.2 Å². The monoisotopic (exact) mass is 151 g/mol. The molecule has 0 saturated carbocycles. The lowest BCUT2D eigenvalue weighted by Gasteiger charge is -2.54. The molecule has 5 aliphatic heterocycles. The topological polar surface area (TPSA) is 12.5 Å². The molecule has 0 aromatic heterocycles. The van der Waals surface area contributed by atoms with Gasteiger partial charge in [0.15, 0.2) is 0 Å². The van der Waals surface area contributed by atoms with Crippen LogP contribution in [0.15, 0.2) is 12.2 Å².